The van der Waals surface area contributed by atoms with Crippen LogP contribution in [0.25, 0.3) is 11.3 Å². The Morgan fingerprint density at radius 1 is 1.14 bits per heavy atom. The van der Waals surface area contributed by atoms with Gasteiger partial charge in [-0.25, -0.2) is 14.1 Å². The Labute approximate surface area is 249 Å². The van der Waals surface area contributed by atoms with Gasteiger partial charge in [0.05, 0.1) is 36.3 Å². The number of pyridine rings is 1. The molecule has 0 aliphatic carbocycles. The molecule has 2 aromatic carbocycles. The van der Waals surface area contributed by atoms with Gasteiger partial charge in [0.25, 0.3) is 15.9 Å². The lowest BCUT2D eigenvalue weighted by Crippen LogP contribution is -2.44. The summed E-state index contributed by atoms with van der Waals surface area (Å²) < 4.78 is 54.5. The fourth-order valence-electron chi connectivity index (χ4n) is 5.59. The van der Waals surface area contributed by atoms with Gasteiger partial charge < -0.3 is 14.4 Å². The fraction of sp³-hybridized carbons (Fsp3) is 0.323. The van der Waals surface area contributed by atoms with E-state index in [4.69, 9.17) is 14.5 Å². The Hall–Kier alpha value is -4.29. The number of piperidine rings is 1. The van der Waals surface area contributed by atoms with Gasteiger partial charge in [0, 0.05) is 24.7 Å². The SMILES string of the molecule is CC(C)COc1cc(F)cc(-c2ccc(C(=O)NS(=O)(=O)c3ccn[nH]3)c(N3CCC4(CC3)OCc3ccccc34)n2)c1. The molecule has 224 valence electrons. The number of anilines is 1. The van der Waals surface area contributed by atoms with E-state index in [-0.39, 0.29) is 16.5 Å². The first-order valence-electron chi connectivity index (χ1n) is 14.1. The van der Waals surface area contributed by atoms with E-state index in [1.54, 1.807) is 12.1 Å². The van der Waals surface area contributed by atoms with Gasteiger partial charge in [-0.05, 0) is 60.2 Å². The topological polar surface area (TPSA) is 127 Å². The fourth-order valence-corrected chi connectivity index (χ4v) is 6.46. The largest absolute Gasteiger partial charge is 0.493 e. The lowest BCUT2D eigenvalue weighted by molar-refractivity contribution is -0.0551. The molecule has 43 heavy (non-hydrogen) atoms. The summed E-state index contributed by atoms with van der Waals surface area (Å²) in [7, 11) is -4.20. The number of sulfonamides is 1. The van der Waals surface area contributed by atoms with E-state index in [9.17, 15) is 17.6 Å². The Bertz CT molecular complexity index is 1750. The molecule has 2 aromatic heterocycles. The molecule has 2 N–H and O–H groups in total. The summed E-state index contributed by atoms with van der Waals surface area (Å²) in [5.74, 6) is -0.401. The first kappa shape index (κ1) is 28.8. The number of nitrogens with zero attached hydrogens (tertiary/aromatic N) is 3. The summed E-state index contributed by atoms with van der Waals surface area (Å²) in [5, 5.41) is 5.79. The molecule has 0 saturated carbocycles. The summed E-state index contributed by atoms with van der Waals surface area (Å²) in [6.45, 7) is 5.98. The highest BCUT2D eigenvalue weighted by Gasteiger charge is 2.43. The third-order valence-electron chi connectivity index (χ3n) is 7.74. The minimum Gasteiger partial charge on any atom is -0.493 e. The first-order valence-corrected chi connectivity index (χ1v) is 15.6. The zero-order valence-corrected chi connectivity index (χ0v) is 24.7. The number of benzene rings is 2. The number of fused-ring (bicyclic) bond motifs is 2. The molecule has 1 saturated heterocycles. The van der Waals surface area contributed by atoms with Crippen molar-refractivity contribution in [1.82, 2.24) is 19.9 Å². The van der Waals surface area contributed by atoms with Crippen LogP contribution in [0.4, 0.5) is 10.2 Å². The highest BCUT2D eigenvalue weighted by molar-refractivity contribution is 7.90. The number of aromatic nitrogens is 3. The summed E-state index contributed by atoms with van der Waals surface area (Å²) in [5.41, 5.74) is 2.87. The molecule has 0 bridgehead atoms. The minimum absolute atomic E-state index is 0.0724. The number of ether oxygens (including phenoxy) is 2. The predicted molar refractivity (Wildman–Crippen MR) is 158 cm³/mol. The highest BCUT2D eigenvalue weighted by Crippen LogP contribution is 2.45. The van der Waals surface area contributed by atoms with Crippen LogP contribution in [0.1, 0.15) is 48.2 Å². The maximum absolute atomic E-state index is 14.6. The number of hydrogen-bond acceptors (Lipinski definition) is 8. The average molecular weight is 606 g/mol. The molecule has 2 aliphatic rings. The van der Waals surface area contributed by atoms with Crippen LogP contribution in [-0.4, -0.2) is 49.2 Å². The number of rotatable bonds is 8. The normalized spacial score (nSPS) is 16.0. The van der Waals surface area contributed by atoms with Crippen molar-refractivity contribution >= 4 is 21.7 Å². The van der Waals surface area contributed by atoms with E-state index < -0.39 is 27.3 Å². The number of carbonyl (C=O) groups is 1. The Morgan fingerprint density at radius 2 is 1.93 bits per heavy atom. The first-order chi connectivity index (χ1) is 20.6. The van der Waals surface area contributed by atoms with Crippen LogP contribution in [0.15, 0.2) is 71.9 Å². The van der Waals surface area contributed by atoms with Crippen LogP contribution in [0.5, 0.6) is 5.75 Å². The maximum atomic E-state index is 14.6. The molecule has 0 atom stereocenters. The summed E-state index contributed by atoms with van der Waals surface area (Å²) in [6, 6.07) is 16.9. The van der Waals surface area contributed by atoms with Crippen molar-refractivity contribution in [3.05, 3.63) is 89.4 Å². The van der Waals surface area contributed by atoms with Gasteiger partial charge in [0.1, 0.15) is 17.4 Å². The van der Waals surface area contributed by atoms with Crippen molar-refractivity contribution in [1.29, 1.82) is 0 Å². The number of carbonyl (C=O) groups excluding carboxylic acids is 1. The molecule has 0 unspecified atom stereocenters. The van der Waals surface area contributed by atoms with Crippen molar-refractivity contribution in [2.24, 2.45) is 5.92 Å². The molecule has 1 fully saturated rings. The lowest BCUT2D eigenvalue weighted by Gasteiger charge is -2.40. The lowest BCUT2D eigenvalue weighted by atomic mass is 9.83. The van der Waals surface area contributed by atoms with Crippen LogP contribution in [-0.2, 0) is 27.0 Å². The maximum Gasteiger partial charge on any atom is 0.281 e. The van der Waals surface area contributed by atoms with Crippen LogP contribution in [0, 0.1) is 11.7 Å². The van der Waals surface area contributed by atoms with Crippen molar-refractivity contribution in [2.45, 2.75) is 43.9 Å². The standard InChI is InChI=1S/C31H32FN5O5S/c1-20(2)18-41-24-16-22(15-23(32)17-24)27-8-7-25(30(38)36-43(39,40)28-9-12-33-35-28)29(34-27)37-13-10-31(11-14-37)26-6-4-3-5-21(26)19-42-31/h3-9,12,15-17,20H,10-11,13-14,18-19H2,1-2H3,(H,33,35)(H,36,38). The quantitative estimate of drug-likeness (QED) is 0.294. The van der Waals surface area contributed by atoms with E-state index in [2.05, 4.69) is 27.1 Å². The summed E-state index contributed by atoms with van der Waals surface area (Å²) in [4.78, 5) is 20.2. The third-order valence-corrected chi connectivity index (χ3v) is 9.01. The van der Waals surface area contributed by atoms with Crippen LogP contribution < -0.4 is 14.4 Å². The molecule has 2 aliphatic heterocycles. The zero-order valence-electron chi connectivity index (χ0n) is 23.8. The second-order valence-corrected chi connectivity index (χ2v) is 12.9. The molecule has 4 heterocycles. The van der Waals surface area contributed by atoms with Crippen LogP contribution in [0.2, 0.25) is 0 Å². The minimum atomic E-state index is -4.20. The Kier molecular flexibility index (Phi) is 7.65. The van der Waals surface area contributed by atoms with Gasteiger partial charge in [-0.15, -0.1) is 0 Å². The number of hydrogen-bond donors (Lipinski definition) is 2. The number of halogens is 1. The molecular formula is C31H32FN5O5S. The van der Waals surface area contributed by atoms with Gasteiger partial charge >= 0.3 is 0 Å². The molecule has 6 rings (SSSR count). The van der Waals surface area contributed by atoms with E-state index in [1.165, 1.54) is 41.6 Å². The third kappa shape index (κ3) is 5.84. The van der Waals surface area contributed by atoms with Crippen molar-refractivity contribution in [3.63, 3.8) is 0 Å². The van der Waals surface area contributed by atoms with Gasteiger partial charge in [-0.2, -0.15) is 13.5 Å². The smallest absolute Gasteiger partial charge is 0.281 e. The summed E-state index contributed by atoms with van der Waals surface area (Å²) >= 11 is 0. The average Bonchev–Trinajstić information content (AvgIpc) is 3.66. The van der Waals surface area contributed by atoms with Gasteiger partial charge in [0.2, 0.25) is 0 Å². The molecule has 0 radical (unpaired) electrons. The van der Waals surface area contributed by atoms with E-state index in [0.717, 1.165) is 0 Å². The Balaban J connectivity index is 1.34. The second-order valence-electron chi connectivity index (χ2n) is 11.2. The summed E-state index contributed by atoms with van der Waals surface area (Å²) in [6.07, 6.45) is 2.58. The van der Waals surface area contributed by atoms with Gasteiger partial charge in [-0.3, -0.25) is 9.89 Å². The van der Waals surface area contributed by atoms with Crippen LogP contribution in [0.3, 0.4) is 0 Å². The molecular weight excluding hydrogens is 573 g/mol. The second kappa shape index (κ2) is 11.4. The predicted octanol–water partition coefficient (Wildman–Crippen LogP) is 4.79. The van der Waals surface area contributed by atoms with Crippen molar-refractivity contribution in [3.8, 4) is 17.0 Å². The molecule has 1 spiro atoms. The van der Waals surface area contributed by atoms with E-state index >= 15 is 0 Å². The number of amides is 1. The van der Waals surface area contributed by atoms with E-state index in [0.29, 0.717) is 62.0 Å². The number of nitrogens with one attached hydrogen (secondary N) is 2. The highest BCUT2D eigenvalue weighted by atomic mass is 32.2. The molecule has 10 nitrogen and oxygen atoms in total. The number of aromatic amines is 1. The van der Waals surface area contributed by atoms with E-state index in [1.807, 2.05) is 30.9 Å². The van der Waals surface area contributed by atoms with Gasteiger partial charge in [-0.1, -0.05) is 38.1 Å². The van der Waals surface area contributed by atoms with Crippen molar-refractivity contribution in [2.75, 3.05) is 24.6 Å². The van der Waals surface area contributed by atoms with Gasteiger partial charge in [0.15, 0.2) is 5.03 Å². The molecule has 12 heteroatoms. The molecule has 1 amide bonds. The monoisotopic (exact) mass is 605 g/mol. The number of H-pyrrole nitrogens is 1. The Morgan fingerprint density at radius 3 is 2.67 bits per heavy atom. The molecule has 4 aromatic rings. The van der Waals surface area contributed by atoms with Crippen molar-refractivity contribution < 1.29 is 27.1 Å². The zero-order chi connectivity index (χ0) is 30.2. The van der Waals surface area contributed by atoms with Crippen LogP contribution >= 0.6 is 0 Å².